The molecule has 9 nitrogen and oxygen atoms in total. The van der Waals surface area contributed by atoms with Crippen LogP contribution in [0.25, 0.3) is 11.0 Å². The standard InChI is InChI=1S/C24H22O9.Na/c1-3-4-18-21(8-7-17-20(28)10-22(24(29)30)33-23(17)18)32-12-14(26)11-31-15-5-6-16(13(2)25)19(27)9-15;/h3,5-10,14,26-27H,1,4,11-12H2,2H3,(H,29,30);/q;+1/p-1. The van der Waals surface area contributed by atoms with Crippen LogP contribution < -0.4 is 49.6 Å². The summed E-state index contributed by atoms with van der Waals surface area (Å²) in [5.74, 6) is -2.23. The first-order valence-electron chi connectivity index (χ1n) is 9.90. The van der Waals surface area contributed by atoms with Crippen LogP contribution in [-0.4, -0.2) is 41.3 Å². The zero-order valence-corrected chi connectivity index (χ0v) is 20.7. The molecule has 0 aliphatic carbocycles. The number of hydrogen-bond acceptors (Lipinski definition) is 9. The number of rotatable bonds is 10. The number of aliphatic hydroxyl groups is 1. The maximum absolute atomic E-state index is 12.2. The second-order valence-corrected chi connectivity index (χ2v) is 7.19. The summed E-state index contributed by atoms with van der Waals surface area (Å²) in [7, 11) is 0. The van der Waals surface area contributed by atoms with Crippen molar-refractivity contribution in [3.63, 3.8) is 0 Å². The number of Topliss-reactive ketones (excluding diaryl/α,β-unsaturated/α-hetero) is 1. The average molecular weight is 476 g/mol. The molecule has 34 heavy (non-hydrogen) atoms. The smallest absolute Gasteiger partial charge is 0.542 e. The molecule has 0 radical (unpaired) electrons. The molecule has 0 aliphatic heterocycles. The average Bonchev–Trinajstić information content (AvgIpc) is 2.76. The topological polar surface area (TPSA) is 146 Å². The van der Waals surface area contributed by atoms with Crippen molar-refractivity contribution in [3.05, 3.63) is 76.2 Å². The number of carbonyl (C=O) groups excluding carboxylic acids is 2. The van der Waals surface area contributed by atoms with Gasteiger partial charge in [-0.2, -0.15) is 0 Å². The molecule has 0 amide bonds. The van der Waals surface area contributed by atoms with Gasteiger partial charge in [-0.25, -0.2) is 0 Å². The molecule has 0 aliphatic rings. The molecule has 1 atom stereocenters. The van der Waals surface area contributed by atoms with Gasteiger partial charge in [-0.3, -0.25) is 9.59 Å². The first kappa shape index (κ1) is 27.1. The van der Waals surface area contributed by atoms with Crippen molar-refractivity contribution in [1.82, 2.24) is 0 Å². The Balaban J connectivity index is 0.00000408. The number of fused-ring (bicyclic) bond motifs is 1. The third-order valence-electron chi connectivity index (χ3n) is 4.73. The SMILES string of the molecule is C=CCc1c(OCC(O)COc2ccc(C(C)=O)c(O)c2)ccc2c(=O)cc(C(=O)[O-])oc12.[Na+]. The van der Waals surface area contributed by atoms with Gasteiger partial charge in [0.15, 0.2) is 17.0 Å². The Labute approximate surface area is 216 Å². The molecule has 0 saturated heterocycles. The number of carboxylic acid groups (broad SMARTS) is 1. The van der Waals surface area contributed by atoms with Gasteiger partial charge < -0.3 is 34.0 Å². The number of aromatic hydroxyl groups is 1. The minimum Gasteiger partial charge on any atom is -0.542 e. The van der Waals surface area contributed by atoms with Crippen molar-refractivity contribution in [3.8, 4) is 17.2 Å². The minimum atomic E-state index is -1.63. The maximum atomic E-state index is 12.2. The van der Waals surface area contributed by atoms with Crippen LogP contribution in [0.2, 0.25) is 0 Å². The number of aliphatic hydroxyl groups excluding tert-OH is 1. The van der Waals surface area contributed by atoms with Crippen LogP contribution in [0.4, 0.5) is 0 Å². The van der Waals surface area contributed by atoms with E-state index in [0.29, 0.717) is 5.56 Å². The van der Waals surface area contributed by atoms with E-state index in [4.69, 9.17) is 13.9 Å². The summed E-state index contributed by atoms with van der Waals surface area (Å²) >= 11 is 0. The van der Waals surface area contributed by atoms with Crippen molar-refractivity contribution in [2.24, 2.45) is 0 Å². The van der Waals surface area contributed by atoms with E-state index in [0.717, 1.165) is 6.07 Å². The summed E-state index contributed by atoms with van der Waals surface area (Å²) in [5, 5.41) is 31.4. The van der Waals surface area contributed by atoms with Crippen LogP contribution in [0.3, 0.4) is 0 Å². The van der Waals surface area contributed by atoms with Crippen LogP contribution in [0.5, 0.6) is 17.2 Å². The van der Waals surface area contributed by atoms with Gasteiger partial charge in [0, 0.05) is 17.7 Å². The molecule has 10 heteroatoms. The predicted octanol–water partition coefficient (Wildman–Crippen LogP) is -1.38. The Hall–Kier alpha value is -3.11. The van der Waals surface area contributed by atoms with Gasteiger partial charge >= 0.3 is 29.6 Å². The molecule has 3 rings (SSSR count). The maximum Gasteiger partial charge on any atom is 1.00 e. The van der Waals surface area contributed by atoms with E-state index in [1.165, 1.54) is 43.3 Å². The van der Waals surface area contributed by atoms with Crippen LogP contribution in [-0.2, 0) is 6.42 Å². The first-order valence-corrected chi connectivity index (χ1v) is 9.90. The minimum absolute atomic E-state index is 0. The molecule has 1 unspecified atom stereocenters. The number of carboxylic acids is 1. The van der Waals surface area contributed by atoms with E-state index in [9.17, 15) is 29.7 Å². The Bertz CT molecular complexity index is 1280. The van der Waals surface area contributed by atoms with Gasteiger partial charge in [0.2, 0.25) is 0 Å². The molecule has 0 spiro atoms. The number of phenols is 1. The zero-order valence-electron chi connectivity index (χ0n) is 18.7. The number of phenolic OH excluding ortho intramolecular Hbond substituents is 1. The van der Waals surface area contributed by atoms with Crippen LogP contribution in [0.15, 0.2) is 58.3 Å². The zero-order chi connectivity index (χ0) is 24.1. The monoisotopic (exact) mass is 476 g/mol. The molecule has 0 saturated carbocycles. The van der Waals surface area contributed by atoms with Crippen molar-refractivity contribution in [2.45, 2.75) is 19.4 Å². The summed E-state index contributed by atoms with van der Waals surface area (Å²) in [6, 6.07) is 7.98. The first-order chi connectivity index (χ1) is 15.7. The fourth-order valence-electron chi connectivity index (χ4n) is 3.16. The molecule has 0 bridgehead atoms. The van der Waals surface area contributed by atoms with Crippen molar-refractivity contribution in [1.29, 1.82) is 0 Å². The number of ketones is 1. The van der Waals surface area contributed by atoms with Gasteiger partial charge in [-0.1, -0.05) is 6.08 Å². The fourth-order valence-corrected chi connectivity index (χ4v) is 3.16. The van der Waals surface area contributed by atoms with Crippen molar-refractivity contribution in [2.75, 3.05) is 13.2 Å². The summed E-state index contributed by atoms with van der Waals surface area (Å²) in [6.45, 7) is 4.61. The fraction of sp³-hybridized carbons (Fsp3) is 0.208. The summed E-state index contributed by atoms with van der Waals surface area (Å²) in [4.78, 5) is 34.8. The normalized spacial score (nSPS) is 11.4. The summed E-state index contributed by atoms with van der Waals surface area (Å²) < 4.78 is 16.4. The Morgan fingerprint density at radius 1 is 1.18 bits per heavy atom. The number of allylic oxidation sites excluding steroid dienone is 1. The molecule has 2 N–H and O–H groups in total. The Kier molecular flexibility index (Phi) is 9.46. The number of aromatic carboxylic acids is 1. The summed E-state index contributed by atoms with van der Waals surface area (Å²) in [6.07, 6.45) is 0.665. The molecule has 172 valence electrons. The molecule has 1 aromatic heterocycles. The van der Waals surface area contributed by atoms with Gasteiger partial charge in [0.05, 0.1) is 10.9 Å². The molecule has 1 heterocycles. The van der Waals surface area contributed by atoms with E-state index in [1.54, 1.807) is 0 Å². The van der Waals surface area contributed by atoms with E-state index in [-0.39, 0.29) is 88.8 Å². The van der Waals surface area contributed by atoms with Gasteiger partial charge in [0.1, 0.15) is 48.1 Å². The number of ether oxygens (including phenoxy) is 2. The Morgan fingerprint density at radius 3 is 2.50 bits per heavy atom. The third-order valence-corrected chi connectivity index (χ3v) is 4.73. The second-order valence-electron chi connectivity index (χ2n) is 7.19. The number of carbonyl (C=O) groups is 2. The van der Waals surface area contributed by atoms with Crippen molar-refractivity contribution < 1.29 is 68.4 Å². The largest absolute Gasteiger partial charge is 1.00 e. The quantitative estimate of drug-likeness (QED) is 0.205. The van der Waals surface area contributed by atoms with Gasteiger partial charge in [-0.05, 0) is 37.6 Å². The molecular weight excluding hydrogens is 455 g/mol. The van der Waals surface area contributed by atoms with E-state index in [2.05, 4.69) is 6.58 Å². The van der Waals surface area contributed by atoms with Crippen LogP contribution in [0.1, 0.15) is 33.4 Å². The van der Waals surface area contributed by atoms with E-state index < -0.39 is 23.3 Å². The van der Waals surface area contributed by atoms with E-state index >= 15 is 0 Å². The van der Waals surface area contributed by atoms with Crippen LogP contribution >= 0.6 is 0 Å². The van der Waals surface area contributed by atoms with E-state index in [1.807, 2.05) is 0 Å². The van der Waals surface area contributed by atoms with Crippen molar-refractivity contribution >= 4 is 22.7 Å². The molecule has 0 fully saturated rings. The Morgan fingerprint density at radius 2 is 1.88 bits per heavy atom. The van der Waals surface area contributed by atoms with Gasteiger partial charge in [-0.15, -0.1) is 6.58 Å². The predicted molar refractivity (Wildman–Crippen MR) is 116 cm³/mol. The van der Waals surface area contributed by atoms with Gasteiger partial charge in [0.25, 0.3) is 0 Å². The molecule has 3 aromatic rings. The summed E-state index contributed by atoms with van der Waals surface area (Å²) in [5.41, 5.74) is 0.0389. The third kappa shape index (κ3) is 6.27. The number of hydrogen-bond donors (Lipinski definition) is 2. The second kappa shape index (κ2) is 11.8. The molecular formula is C24H21NaO9. The van der Waals surface area contributed by atoms with Crippen LogP contribution in [0, 0.1) is 0 Å². The molecule has 2 aromatic carbocycles. The number of benzene rings is 2.